The zero-order valence-corrected chi connectivity index (χ0v) is 11.7. The van der Waals surface area contributed by atoms with Crippen molar-refractivity contribution < 1.29 is 9.47 Å². The molecule has 0 saturated carbocycles. The van der Waals surface area contributed by atoms with Crippen molar-refractivity contribution in [1.29, 1.82) is 0 Å². The molecule has 0 spiro atoms. The molecule has 0 saturated heterocycles. The number of hydrogen-bond donors (Lipinski definition) is 1. The van der Waals surface area contributed by atoms with E-state index in [1.807, 2.05) is 6.20 Å². The number of aryl methyl sites for hydroxylation is 1. The van der Waals surface area contributed by atoms with Crippen LogP contribution in [0.3, 0.4) is 0 Å². The van der Waals surface area contributed by atoms with Crippen molar-refractivity contribution in [3.63, 3.8) is 0 Å². The van der Waals surface area contributed by atoms with Gasteiger partial charge in [-0.2, -0.15) is 5.10 Å². The molecule has 1 N–H and O–H groups in total. The molecule has 5 nitrogen and oxygen atoms in total. The van der Waals surface area contributed by atoms with E-state index in [1.54, 1.807) is 14.2 Å². The summed E-state index contributed by atoms with van der Waals surface area (Å²) in [6, 6.07) is 0. The molecule has 1 heterocycles. The minimum atomic E-state index is 0.740. The van der Waals surface area contributed by atoms with Crippen molar-refractivity contribution >= 4 is 0 Å². The van der Waals surface area contributed by atoms with E-state index >= 15 is 0 Å². The number of unbranched alkanes of at least 4 members (excludes halogenated alkanes) is 1. The van der Waals surface area contributed by atoms with Gasteiger partial charge < -0.3 is 14.8 Å². The van der Waals surface area contributed by atoms with Crippen LogP contribution in [0.25, 0.3) is 0 Å². The Morgan fingerprint density at radius 3 is 2.72 bits per heavy atom. The molecule has 0 aliphatic heterocycles. The summed E-state index contributed by atoms with van der Waals surface area (Å²) in [7, 11) is 3.45. The molecule has 1 aromatic heterocycles. The predicted molar refractivity (Wildman–Crippen MR) is 71.7 cm³/mol. The first-order valence-electron chi connectivity index (χ1n) is 6.49. The quantitative estimate of drug-likeness (QED) is 0.641. The average molecular weight is 255 g/mol. The Labute approximate surface area is 109 Å². The highest BCUT2D eigenvalue weighted by Crippen LogP contribution is 2.08. The monoisotopic (exact) mass is 255 g/mol. The van der Waals surface area contributed by atoms with Crippen LogP contribution in [0.2, 0.25) is 0 Å². The van der Waals surface area contributed by atoms with Crippen LogP contribution in [0, 0.1) is 6.92 Å². The molecule has 104 valence electrons. The van der Waals surface area contributed by atoms with Gasteiger partial charge in [-0.05, 0) is 19.8 Å². The van der Waals surface area contributed by atoms with E-state index < -0.39 is 0 Å². The zero-order valence-electron chi connectivity index (χ0n) is 11.7. The smallest absolute Gasteiger partial charge is 0.0587 e. The Bertz CT molecular complexity index is 297. The molecule has 0 aliphatic rings. The van der Waals surface area contributed by atoms with Gasteiger partial charge in [0.15, 0.2) is 0 Å². The highest BCUT2D eigenvalue weighted by Gasteiger charge is 2.05. The third kappa shape index (κ3) is 5.16. The van der Waals surface area contributed by atoms with Crippen LogP contribution in [-0.2, 0) is 22.6 Å². The second-order valence-corrected chi connectivity index (χ2v) is 4.35. The Kier molecular flexibility index (Phi) is 7.64. The summed E-state index contributed by atoms with van der Waals surface area (Å²) >= 11 is 0. The number of nitrogens with one attached hydrogen (secondary N) is 1. The molecule has 0 unspecified atom stereocenters. The van der Waals surface area contributed by atoms with Crippen molar-refractivity contribution in [3.8, 4) is 0 Å². The number of ether oxygens (including phenoxy) is 2. The summed E-state index contributed by atoms with van der Waals surface area (Å²) in [5.74, 6) is 0. The second-order valence-electron chi connectivity index (χ2n) is 4.35. The van der Waals surface area contributed by atoms with E-state index in [0.29, 0.717) is 0 Å². The topological polar surface area (TPSA) is 48.3 Å². The van der Waals surface area contributed by atoms with Crippen LogP contribution < -0.4 is 5.32 Å². The summed E-state index contributed by atoms with van der Waals surface area (Å²) in [5.41, 5.74) is 2.51. The Morgan fingerprint density at radius 2 is 2.00 bits per heavy atom. The maximum atomic E-state index is 5.04. The van der Waals surface area contributed by atoms with Gasteiger partial charge in [0, 0.05) is 51.7 Å². The minimum Gasteiger partial charge on any atom is -0.385 e. The van der Waals surface area contributed by atoms with Crippen LogP contribution in [0.1, 0.15) is 24.1 Å². The second kappa shape index (κ2) is 9.08. The van der Waals surface area contributed by atoms with Crippen LogP contribution in [0.5, 0.6) is 0 Å². The largest absolute Gasteiger partial charge is 0.385 e. The fraction of sp³-hybridized carbons (Fsp3) is 0.769. The van der Waals surface area contributed by atoms with Gasteiger partial charge in [0.2, 0.25) is 0 Å². The number of hydrogen-bond acceptors (Lipinski definition) is 4. The molecule has 0 amide bonds. The van der Waals surface area contributed by atoms with Gasteiger partial charge in [0.25, 0.3) is 0 Å². The zero-order chi connectivity index (χ0) is 13.2. The van der Waals surface area contributed by atoms with Crippen LogP contribution in [-0.4, -0.2) is 43.8 Å². The lowest BCUT2D eigenvalue weighted by Crippen LogP contribution is -2.18. The van der Waals surface area contributed by atoms with E-state index in [9.17, 15) is 0 Å². The normalized spacial score (nSPS) is 11.1. The molecule has 1 rings (SSSR count). The third-order valence-corrected chi connectivity index (χ3v) is 2.97. The lowest BCUT2D eigenvalue weighted by molar-refractivity contribution is 0.191. The van der Waals surface area contributed by atoms with Crippen LogP contribution >= 0.6 is 0 Å². The first-order chi connectivity index (χ1) is 8.79. The molecule has 18 heavy (non-hydrogen) atoms. The van der Waals surface area contributed by atoms with E-state index in [1.165, 1.54) is 11.3 Å². The summed E-state index contributed by atoms with van der Waals surface area (Å²) in [4.78, 5) is 0. The lowest BCUT2D eigenvalue weighted by Gasteiger charge is -2.06. The van der Waals surface area contributed by atoms with Crippen molar-refractivity contribution in [1.82, 2.24) is 15.1 Å². The molecule has 0 aliphatic carbocycles. The van der Waals surface area contributed by atoms with Gasteiger partial charge in [-0.3, -0.25) is 4.68 Å². The standard InChI is InChI=1S/C13H25N3O2/c1-12-13(10-14-6-9-18-3)11-15-16(12)7-4-5-8-17-2/h11,14H,4-10H2,1-3H3. The first-order valence-corrected chi connectivity index (χ1v) is 6.49. The van der Waals surface area contributed by atoms with Gasteiger partial charge in [-0.25, -0.2) is 0 Å². The molecule has 1 aromatic rings. The summed E-state index contributed by atoms with van der Waals surface area (Å²) in [6.45, 7) is 6.38. The number of rotatable bonds is 10. The van der Waals surface area contributed by atoms with Crippen molar-refractivity contribution in [2.45, 2.75) is 32.9 Å². The summed E-state index contributed by atoms with van der Waals surface area (Å²) < 4.78 is 12.1. The van der Waals surface area contributed by atoms with E-state index in [4.69, 9.17) is 9.47 Å². The number of nitrogens with zero attached hydrogens (tertiary/aromatic N) is 2. The average Bonchev–Trinajstić information content (AvgIpc) is 2.72. The maximum absolute atomic E-state index is 5.04. The molecule has 0 radical (unpaired) electrons. The van der Waals surface area contributed by atoms with E-state index in [0.717, 1.165) is 45.7 Å². The maximum Gasteiger partial charge on any atom is 0.0587 e. The summed E-state index contributed by atoms with van der Waals surface area (Å²) in [5, 5.41) is 7.75. The van der Waals surface area contributed by atoms with Gasteiger partial charge in [0.1, 0.15) is 0 Å². The third-order valence-electron chi connectivity index (χ3n) is 2.97. The molecule has 0 atom stereocenters. The first kappa shape index (κ1) is 15.1. The SMILES string of the molecule is COCCCCn1ncc(CNCCOC)c1C. The van der Waals surface area contributed by atoms with Gasteiger partial charge in [-0.1, -0.05) is 0 Å². The highest BCUT2D eigenvalue weighted by atomic mass is 16.5. The Morgan fingerprint density at radius 1 is 1.22 bits per heavy atom. The van der Waals surface area contributed by atoms with E-state index in [2.05, 4.69) is 22.0 Å². The van der Waals surface area contributed by atoms with E-state index in [-0.39, 0.29) is 0 Å². The minimum absolute atomic E-state index is 0.740. The molecule has 0 aromatic carbocycles. The number of methoxy groups -OCH3 is 2. The Hall–Kier alpha value is -0.910. The molecule has 5 heteroatoms. The van der Waals surface area contributed by atoms with Gasteiger partial charge in [0.05, 0.1) is 12.8 Å². The predicted octanol–water partition coefficient (Wildman–Crippen LogP) is 1.35. The highest BCUT2D eigenvalue weighted by molar-refractivity contribution is 5.15. The number of aromatic nitrogens is 2. The Balaban J connectivity index is 2.30. The fourth-order valence-corrected chi connectivity index (χ4v) is 1.79. The molecular formula is C13H25N3O2. The van der Waals surface area contributed by atoms with Crippen molar-refractivity contribution in [2.24, 2.45) is 0 Å². The molecule has 0 bridgehead atoms. The van der Waals surface area contributed by atoms with Crippen LogP contribution in [0.4, 0.5) is 0 Å². The summed E-state index contributed by atoms with van der Waals surface area (Å²) in [6.07, 6.45) is 4.13. The van der Waals surface area contributed by atoms with Gasteiger partial charge >= 0.3 is 0 Å². The van der Waals surface area contributed by atoms with Gasteiger partial charge in [-0.15, -0.1) is 0 Å². The molecular weight excluding hydrogens is 230 g/mol. The van der Waals surface area contributed by atoms with Crippen LogP contribution in [0.15, 0.2) is 6.20 Å². The molecule has 0 fully saturated rings. The lowest BCUT2D eigenvalue weighted by atomic mass is 10.2. The fourth-order valence-electron chi connectivity index (χ4n) is 1.79. The van der Waals surface area contributed by atoms with Crippen molar-refractivity contribution in [3.05, 3.63) is 17.5 Å². The van der Waals surface area contributed by atoms with Crippen molar-refractivity contribution in [2.75, 3.05) is 34.0 Å².